The Morgan fingerprint density at radius 1 is 1.16 bits per heavy atom. The van der Waals surface area contributed by atoms with Crippen LogP contribution < -0.4 is 0 Å². The second-order valence-corrected chi connectivity index (χ2v) is 6.03. The molecule has 0 unspecified atom stereocenters. The van der Waals surface area contributed by atoms with E-state index in [4.69, 9.17) is 8.92 Å². The molecule has 0 heterocycles. The largest absolute Gasteiger partial charge is 0.463 e. The average Bonchev–Trinajstić information content (AvgIpc) is 2.34. The van der Waals surface area contributed by atoms with Crippen molar-refractivity contribution in [3.05, 3.63) is 29.8 Å². The lowest BCUT2D eigenvalue weighted by Crippen LogP contribution is -2.17. The van der Waals surface area contributed by atoms with Gasteiger partial charge in [0.05, 0.1) is 10.8 Å². The SMILES string of the molecule is Cc1ccc(S(=O)(=O)OCCOC(=O)C(C)C)cc1. The molecule has 0 atom stereocenters. The van der Waals surface area contributed by atoms with Gasteiger partial charge in [0.15, 0.2) is 0 Å². The fourth-order valence-corrected chi connectivity index (χ4v) is 2.12. The highest BCUT2D eigenvalue weighted by atomic mass is 32.2. The van der Waals surface area contributed by atoms with Crippen LogP contribution in [0.3, 0.4) is 0 Å². The minimum atomic E-state index is -3.79. The molecule has 0 spiro atoms. The molecule has 0 radical (unpaired) electrons. The van der Waals surface area contributed by atoms with Crippen molar-refractivity contribution in [1.29, 1.82) is 0 Å². The van der Waals surface area contributed by atoms with E-state index in [1.807, 2.05) is 6.92 Å². The van der Waals surface area contributed by atoms with Crippen LogP contribution in [-0.4, -0.2) is 27.6 Å². The van der Waals surface area contributed by atoms with Gasteiger partial charge in [-0.25, -0.2) is 0 Å². The summed E-state index contributed by atoms with van der Waals surface area (Å²) in [6.07, 6.45) is 0. The first-order chi connectivity index (χ1) is 8.83. The quantitative estimate of drug-likeness (QED) is 0.454. The third-order valence-corrected chi connectivity index (χ3v) is 3.67. The van der Waals surface area contributed by atoms with Crippen molar-refractivity contribution in [2.45, 2.75) is 25.7 Å². The first kappa shape index (κ1) is 15.7. The second kappa shape index (κ2) is 6.68. The van der Waals surface area contributed by atoms with E-state index in [0.717, 1.165) is 5.56 Å². The van der Waals surface area contributed by atoms with Gasteiger partial charge in [-0.05, 0) is 19.1 Å². The number of hydrogen-bond acceptors (Lipinski definition) is 5. The molecule has 0 bridgehead atoms. The monoisotopic (exact) mass is 286 g/mol. The number of benzene rings is 1. The summed E-state index contributed by atoms with van der Waals surface area (Å²) in [5.41, 5.74) is 0.963. The van der Waals surface area contributed by atoms with Gasteiger partial charge in [-0.2, -0.15) is 8.42 Å². The fourth-order valence-electron chi connectivity index (χ4n) is 1.23. The zero-order valence-electron chi connectivity index (χ0n) is 11.3. The summed E-state index contributed by atoms with van der Waals surface area (Å²) in [6.45, 7) is 5.00. The van der Waals surface area contributed by atoms with E-state index in [0.29, 0.717) is 0 Å². The number of rotatable bonds is 6. The highest BCUT2D eigenvalue weighted by Crippen LogP contribution is 2.12. The van der Waals surface area contributed by atoms with Crippen molar-refractivity contribution in [1.82, 2.24) is 0 Å². The lowest BCUT2D eigenvalue weighted by atomic mass is 10.2. The lowest BCUT2D eigenvalue weighted by Gasteiger charge is -2.08. The molecule has 6 heteroatoms. The first-order valence-corrected chi connectivity index (χ1v) is 7.36. The Hall–Kier alpha value is -1.40. The molecule has 0 aliphatic carbocycles. The van der Waals surface area contributed by atoms with Gasteiger partial charge in [0.2, 0.25) is 0 Å². The Bertz CT molecular complexity index is 516. The molecule has 1 aromatic rings. The van der Waals surface area contributed by atoms with Gasteiger partial charge in [-0.15, -0.1) is 0 Å². The molecule has 1 aromatic carbocycles. The summed E-state index contributed by atoms with van der Waals surface area (Å²) in [7, 11) is -3.79. The number of carbonyl (C=O) groups excluding carboxylic acids is 1. The summed E-state index contributed by atoms with van der Waals surface area (Å²) >= 11 is 0. The Labute approximate surface area is 113 Å². The van der Waals surface area contributed by atoms with Gasteiger partial charge >= 0.3 is 5.97 Å². The van der Waals surface area contributed by atoms with Gasteiger partial charge in [0.25, 0.3) is 10.1 Å². The zero-order chi connectivity index (χ0) is 14.5. The van der Waals surface area contributed by atoms with Crippen molar-refractivity contribution < 1.29 is 22.1 Å². The third kappa shape index (κ3) is 5.00. The van der Waals surface area contributed by atoms with Crippen LogP contribution in [0, 0.1) is 12.8 Å². The van der Waals surface area contributed by atoms with E-state index >= 15 is 0 Å². The van der Waals surface area contributed by atoms with Crippen LogP contribution in [-0.2, 0) is 23.8 Å². The molecule has 0 aromatic heterocycles. The van der Waals surface area contributed by atoms with Crippen molar-refractivity contribution in [2.75, 3.05) is 13.2 Å². The molecular weight excluding hydrogens is 268 g/mol. The van der Waals surface area contributed by atoms with E-state index in [2.05, 4.69) is 0 Å². The Balaban J connectivity index is 2.48. The zero-order valence-corrected chi connectivity index (χ0v) is 12.1. The Kier molecular flexibility index (Phi) is 5.50. The highest BCUT2D eigenvalue weighted by Gasteiger charge is 2.15. The number of hydrogen-bond donors (Lipinski definition) is 0. The molecule has 0 aliphatic rings. The van der Waals surface area contributed by atoms with Crippen LogP contribution in [0.5, 0.6) is 0 Å². The van der Waals surface area contributed by atoms with Crippen LogP contribution in [0.15, 0.2) is 29.2 Å². The van der Waals surface area contributed by atoms with Gasteiger partial charge in [0.1, 0.15) is 13.2 Å². The topological polar surface area (TPSA) is 69.7 Å². The number of carbonyl (C=O) groups is 1. The van der Waals surface area contributed by atoms with Crippen LogP contribution in [0.1, 0.15) is 19.4 Å². The second-order valence-electron chi connectivity index (χ2n) is 4.41. The molecular formula is C13H18O5S. The normalized spacial score (nSPS) is 11.6. The molecule has 1 rings (SSSR count). The average molecular weight is 286 g/mol. The summed E-state index contributed by atoms with van der Waals surface area (Å²) in [5.74, 6) is -0.620. The fraction of sp³-hybridized carbons (Fsp3) is 0.462. The molecule has 0 aliphatic heterocycles. The van der Waals surface area contributed by atoms with Crippen LogP contribution in [0.4, 0.5) is 0 Å². The predicted octanol–water partition coefficient (Wildman–Crippen LogP) is 1.90. The van der Waals surface area contributed by atoms with E-state index in [9.17, 15) is 13.2 Å². The number of aryl methyl sites for hydroxylation is 1. The van der Waals surface area contributed by atoms with Gasteiger partial charge < -0.3 is 4.74 Å². The molecule has 19 heavy (non-hydrogen) atoms. The molecule has 106 valence electrons. The summed E-state index contributed by atoms with van der Waals surface area (Å²) in [5, 5.41) is 0. The molecule has 0 fully saturated rings. The van der Waals surface area contributed by atoms with Crippen molar-refractivity contribution in [2.24, 2.45) is 5.92 Å². The maximum Gasteiger partial charge on any atom is 0.308 e. The first-order valence-electron chi connectivity index (χ1n) is 5.95. The maximum absolute atomic E-state index is 11.8. The summed E-state index contributed by atoms with van der Waals surface area (Å²) in [6, 6.07) is 6.33. The summed E-state index contributed by atoms with van der Waals surface area (Å²) in [4.78, 5) is 11.2. The predicted molar refractivity (Wildman–Crippen MR) is 70.1 cm³/mol. The third-order valence-electron chi connectivity index (χ3n) is 2.35. The Morgan fingerprint density at radius 2 is 1.74 bits per heavy atom. The number of ether oxygens (including phenoxy) is 1. The maximum atomic E-state index is 11.8. The molecule has 0 N–H and O–H groups in total. The van der Waals surface area contributed by atoms with Gasteiger partial charge in [-0.3, -0.25) is 8.98 Å². The Morgan fingerprint density at radius 3 is 2.26 bits per heavy atom. The highest BCUT2D eigenvalue weighted by molar-refractivity contribution is 7.86. The van der Waals surface area contributed by atoms with Crippen molar-refractivity contribution in [3.8, 4) is 0 Å². The molecule has 0 saturated carbocycles. The molecule has 5 nitrogen and oxygen atoms in total. The van der Waals surface area contributed by atoms with E-state index in [1.54, 1.807) is 26.0 Å². The van der Waals surface area contributed by atoms with Crippen molar-refractivity contribution in [3.63, 3.8) is 0 Å². The van der Waals surface area contributed by atoms with Gasteiger partial charge in [0, 0.05) is 0 Å². The van der Waals surface area contributed by atoms with Crippen LogP contribution in [0.25, 0.3) is 0 Å². The molecule has 0 amide bonds. The van der Waals surface area contributed by atoms with Crippen molar-refractivity contribution >= 4 is 16.1 Å². The molecule has 0 saturated heterocycles. The van der Waals surface area contributed by atoms with Crippen LogP contribution >= 0.6 is 0 Å². The smallest absolute Gasteiger partial charge is 0.308 e. The minimum absolute atomic E-state index is 0.0812. The standard InChI is InChI=1S/C13H18O5S/c1-10(2)13(14)17-8-9-18-19(15,16)12-6-4-11(3)5-7-12/h4-7,10H,8-9H2,1-3H3. The number of esters is 1. The summed E-state index contributed by atoms with van der Waals surface area (Å²) < 4.78 is 33.1. The van der Waals surface area contributed by atoms with E-state index in [1.165, 1.54) is 12.1 Å². The minimum Gasteiger partial charge on any atom is -0.463 e. The van der Waals surface area contributed by atoms with Crippen LogP contribution in [0.2, 0.25) is 0 Å². The van der Waals surface area contributed by atoms with E-state index < -0.39 is 10.1 Å². The van der Waals surface area contributed by atoms with E-state index in [-0.39, 0.29) is 30.0 Å². The van der Waals surface area contributed by atoms with Gasteiger partial charge in [-0.1, -0.05) is 31.5 Å². The lowest BCUT2D eigenvalue weighted by molar-refractivity contribution is -0.148.